The monoisotopic (exact) mass is 375 g/mol. The summed E-state index contributed by atoms with van der Waals surface area (Å²) >= 11 is 5.85. The molecule has 0 aliphatic heterocycles. The Labute approximate surface area is 157 Å². The van der Waals surface area contributed by atoms with E-state index in [0.29, 0.717) is 17.2 Å². The van der Waals surface area contributed by atoms with Crippen molar-refractivity contribution in [1.29, 1.82) is 0 Å². The fourth-order valence-electron chi connectivity index (χ4n) is 2.50. The van der Waals surface area contributed by atoms with Crippen LogP contribution < -0.4 is 10.1 Å². The molecule has 0 saturated carbocycles. The van der Waals surface area contributed by atoms with E-state index in [1.165, 1.54) is 0 Å². The largest absolute Gasteiger partial charge is 0.482 e. The van der Waals surface area contributed by atoms with E-state index >= 15 is 0 Å². The molecule has 6 heteroatoms. The van der Waals surface area contributed by atoms with Gasteiger partial charge in [0.25, 0.3) is 0 Å². The van der Waals surface area contributed by atoms with Gasteiger partial charge >= 0.3 is 5.97 Å². The number of carbonyl (C=O) groups excluding carboxylic acids is 1. The Balaban J connectivity index is 1.75. The molecule has 1 amide bonds. The Hall–Kier alpha value is -2.53. The Morgan fingerprint density at radius 2 is 1.77 bits per heavy atom. The van der Waals surface area contributed by atoms with Gasteiger partial charge in [0.1, 0.15) is 5.75 Å². The first-order valence-electron chi connectivity index (χ1n) is 8.42. The average Bonchev–Trinajstić information content (AvgIpc) is 2.62. The molecule has 2 N–H and O–H groups in total. The summed E-state index contributed by atoms with van der Waals surface area (Å²) in [5.74, 6) is -0.538. The van der Waals surface area contributed by atoms with Gasteiger partial charge in [-0.2, -0.15) is 0 Å². The maximum Gasteiger partial charge on any atom is 0.341 e. The third kappa shape index (κ3) is 6.76. The van der Waals surface area contributed by atoms with E-state index in [1.54, 1.807) is 12.1 Å². The number of halogens is 1. The lowest BCUT2D eigenvalue weighted by Gasteiger charge is -2.15. The van der Waals surface area contributed by atoms with Gasteiger partial charge in [-0.1, -0.05) is 35.9 Å². The van der Waals surface area contributed by atoms with E-state index in [0.717, 1.165) is 24.0 Å². The highest BCUT2D eigenvalue weighted by molar-refractivity contribution is 6.30. The van der Waals surface area contributed by atoms with Crippen molar-refractivity contribution in [3.05, 3.63) is 64.7 Å². The molecule has 0 aliphatic carbocycles. The van der Waals surface area contributed by atoms with Crippen LogP contribution in [0.1, 0.15) is 36.9 Å². The number of benzene rings is 2. The normalized spacial score (nSPS) is 11.6. The predicted octanol–water partition coefficient (Wildman–Crippen LogP) is 4.00. The Morgan fingerprint density at radius 1 is 1.12 bits per heavy atom. The Morgan fingerprint density at radius 3 is 2.38 bits per heavy atom. The van der Waals surface area contributed by atoms with Crippen molar-refractivity contribution in [2.24, 2.45) is 0 Å². The predicted molar refractivity (Wildman–Crippen MR) is 101 cm³/mol. The number of carbonyl (C=O) groups is 2. The summed E-state index contributed by atoms with van der Waals surface area (Å²) in [5.41, 5.74) is 2.09. The molecule has 0 spiro atoms. The number of amides is 1. The van der Waals surface area contributed by atoms with Crippen molar-refractivity contribution in [1.82, 2.24) is 5.32 Å². The minimum atomic E-state index is -1.02. The first-order valence-corrected chi connectivity index (χ1v) is 8.80. The van der Waals surface area contributed by atoms with Gasteiger partial charge in [0, 0.05) is 11.4 Å². The van der Waals surface area contributed by atoms with E-state index in [1.807, 2.05) is 43.3 Å². The fraction of sp³-hybridized carbons (Fsp3) is 0.300. The van der Waals surface area contributed by atoms with Gasteiger partial charge in [-0.3, -0.25) is 4.79 Å². The number of ether oxygens (including phenoxy) is 1. The molecule has 138 valence electrons. The molecule has 26 heavy (non-hydrogen) atoms. The van der Waals surface area contributed by atoms with Crippen molar-refractivity contribution >= 4 is 23.5 Å². The highest BCUT2D eigenvalue weighted by Gasteiger charge is 2.10. The lowest BCUT2D eigenvalue weighted by atomic mass is 10.1. The molecule has 2 aromatic rings. The van der Waals surface area contributed by atoms with E-state index in [4.69, 9.17) is 21.4 Å². The first kappa shape index (κ1) is 19.8. The standard InChI is InChI=1S/C20H22ClNO4/c1-14(16-7-11-18(12-8-16)26-13-20(24)25)22-19(23)4-2-3-15-5-9-17(21)10-6-15/h5-12,14H,2-4,13H2,1H3,(H,22,23)(H,24,25). The molecular weight excluding hydrogens is 354 g/mol. The van der Waals surface area contributed by atoms with Crippen LogP contribution in [0.3, 0.4) is 0 Å². The summed E-state index contributed by atoms with van der Waals surface area (Å²) in [6.07, 6.45) is 2.05. The van der Waals surface area contributed by atoms with Gasteiger partial charge < -0.3 is 15.2 Å². The topological polar surface area (TPSA) is 75.6 Å². The highest BCUT2D eigenvalue weighted by atomic mass is 35.5. The molecule has 1 atom stereocenters. The molecule has 0 aromatic heterocycles. The van der Waals surface area contributed by atoms with Crippen molar-refractivity contribution in [2.45, 2.75) is 32.2 Å². The molecule has 2 rings (SSSR count). The van der Waals surface area contributed by atoms with Gasteiger partial charge in [0.05, 0.1) is 6.04 Å². The van der Waals surface area contributed by atoms with E-state index in [2.05, 4.69) is 5.32 Å². The van der Waals surface area contributed by atoms with Gasteiger partial charge in [-0.25, -0.2) is 4.79 Å². The van der Waals surface area contributed by atoms with Gasteiger partial charge in [0.15, 0.2) is 6.61 Å². The van der Waals surface area contributed by atoms with Crippen LogP contribution in [0.15, 0.2) is 48.5 Å². The van der Waals surface area contributed by atoms with E-state index in [9.17, 15) is 9.59 Å². The number of nitrogens with one attached hydrogen (secondary N) is 1. The lowest BCUT2D eigenvalue weighted by Crippen LogP contribution is -2.26. The zero-order valence-corrected chi connectivity index (χ0v) is 15.3. The van der Waals surface area contributed by atoms with Crippen molar-refractivity contribution in [3.8, 4) is 5.75 Å². The van der Waals surface area contributed by atoms with Crippen molar-refractivity contribution < 1.29 is 19.4 Å². The third-order valence-electron chi connectivity index (χ3n) is 3.90. The Kier molecular flexibility index (Phi) is 7.48. The van der Waals surface area contributed by atoms with Crippen LogP contribution >= 0.6 is 11.6 Å². The average molecular weight is 376 g/mol. The van der Waals surface area contributed by atoms with Crippen LogP contribution in [0.2, 0.25) is 5.02 Å². The molecule has 5 nitrogen and oxygen atoms in total. The summed E-state index contributed by atoms with van der Waals surface area (Å²) in [4.78, 5) is 22.6. The van der Waals surface area contributed by atoms with Crippen LogP contribution in [0.25, 0.3) is 0 Å². The quantitative estimate of drug-likeness (QED) is 0.694. The summed E-state index contributed by atoms with van der Waals surface area (Å²) in [6, 6.07) is 14.5. The second-order valence-corrected chi connectivity index (χ2v) is 6.46. The second kappa shape index (κ2) is 9.82. The van der Waals surface area contributed by atoms with Crippen LogP contribution in [-0.2, 0) is 16.0 Å². The summed E-state index contributed by atoms with van der Waals surface area (Å²) in [6.45, 7) is 1.53. The summed E-state index contributed by atoms with van der Waals surface area (Å²) in [5, 5.41) is 12.3. The molecule has 0 saturated heterocycles. The zero-order valence-electron chi connectivity index (χ0n) is 14.6. The van der Waals surface area contributed by atoms with E-state index < -0.39 is 5.97 Å². The lowest BCUT2D eigenvalue weighted by molar-refractivity contribution is -0.139. The number of hydrogen-bond acceptors (Lipinski definition) is 3. The minimum Gasteiger partial charge on any atom is -0.482 e. The molecule has 2 aromatic carbocycles. The maximum absolute atomic E-state index is 12.1. The fourth-order valence-corrected chi connectivity index (χ4v) is 2.62. The summed E-state index contributed by atoms with van der Waals surface area (Å²) in [7, 11) is 0. The van der Waals surface area contributed by atoms with Gasteiger partial charge in [0.2, 0.25) is 5.91 Å². The maximum atomic E-state index is 12.1. The van der Waals surface area contributed by atoms with Crippen LogP contribution in [0, 0.1) is 0 Å². The molecule has 0 aliphatic rings. The molecule has 0 radical (unpaired) electrons. The SMILES string of the molecule is CC(NC(=O)CCCc1ccc(Cl)cc1)c1ccc(OCC(=O)O)cc1. The second-order valence-electron chi connectivity index (χ2n) is 6.02. The molecule has 0 fully saturated rings. The third-order valence-corrected chi connectivity index (χ3v) is 4.15. The Bertz CT molecular complexity index is 728. The van der Waals surface area contributed by atoms with Crippen LogP contribution in [0.4, 0.5) is 0 Å². The molecule has 0 bridgehead atoms. The molecule has 0 heterocycles. The zero-order chi connectivity index (χ0) is 18.9. The van der Waals surface area contributed by atoms with Crippen LogP contribution in [-0.4, -0.2) is 23.6 Å². The van der Waals surface area contributed by atoms with Crippen LogP contribution in [0.5, 0.6) is 5.75 Å². The van der Waals surface area contributed by atoms with Gasteiger partial charge in [-0.15, -0.1) is 0 Å². The number of hydrogen-bond donors (Lipinski definition) is 2. The molecular formula is C20H22ClNO4. The molecule has 1 unspecified atom stereocenters. The van der Waals surface area contributed by atoms with Gasteiger partial charge in [-0.05, 0) is 55.2 Å². The number of aryl methyl sites for hydroxylation is 1. The number of carboxylic acids is 1. The van der Waals surface area contributed by atoms with Crippen molar-refractivity contribution in [3.63, 3.8) is 0 Å². The minimum absolute atomic E-state index is 0.00216. The smallest absolute Gasteiger partial charge is 0.341 e. The number of carboxylic acid groups (broad SMARTS) is 1. The first-order chi connectivity index (χ1) is 12.4. The van der Waals surface area contributed by atoms with E-state index in [-0.39, 0.29) is 18.6 Å². The highest BCUT2D eigenvalue weighted by Crippen LogP contribution is 2.18. The van der Waals surface area contributed by atoms with Crippen molar-refractivity contribution in [2.75, 3.05) is 6.61 Å². The number of aliphatic carboxylic acids is 1. The summed E-state index contributed by atoms with van der Waals surface area (Å²) < 4.78 is 5.09. The number of rotatable bonds is 9.